The topological polar surface area (TPSA) is 41.3 Å². The maximum atomic E-state index is 5.40. The third kappa shape index (κ3) is 2.38. The van der Waals surface area contributed by atoms with E-state index in [0.29, 0.717) is 0 Å². The molecule has 4 rings (SSSR count). The van der Waals surface area contributed by atoms with Crippen molar-refractivity contribution < 1.29 is 4.42 Å². The van der Waals surface area contributed by atoms with Crippen LogP contribution in [0.5, 0.6) is 0 Å². The van der Waals surface area contributed by atoms with Crippen LogP contribution in [0.4, 0.5) is 5.82 Å². The molecule has 1 N–H and O–H groups in total. The smallest absolute Gasteiger partial charge is 0.133 e. The molecular formula is C17H17N3O. The normalized spacial score (nSPS) is 15.5. The highest BCUT2D eigenvalue weighted by Gasteiger charge is 2.12. The van der Waals surface area contributed by atoms with E-state index in [1.807, 2.05) is 18.3 Å². The fourth-order valence-electron chi connectivity index (χ4n) is 2.81. The Balaban J connectivity index is 1.70. The average Bonchev–Trinajstić information content (AvgIpc) is 3.03. The van der Waals surface area contributed by atoms with E-state index < -0.39 is 0 Å². The van der Waals surface area contributed by atoms with Crippen LogP contribution in [-0.2, 0) is 0 Å². The first-order chi connectivity index (χ1) is 10.4. The Morgan fingerprint density at radius 3 is 2.76 bits per heavy atom. The zero-order chi connectivity index (χ0) is 14.1. The van der Waals surface area contributed by atoms with E-state index >= 15 is 0 Å². The minimum Gasteiger partial charge on any atom is -0.464 e. The van der Waals surface area contributed by atoms with Gasteiger partial charge in [0.15, 0.2) is 0 Å². The van der Waals surface area contributed by atoms with Crippen LogP contribution >= 0.6 is 0 Å². The Morgan fingerprint density at radius 2 is 1.86 bits per heavy atom. The van der Waals surface area contributed by atoms with Gasteiger partial charge in [-0.15, -0.1) is 0 Å². The molecule has 3 aromatic rings. The lowest BCUT2D eigenvalue weighted by atomic mass is 10.1. The molecule has 1 aliphatic rings. The number of hydrogen-bond acceptors (Lipinski definition) is 4. The minimum absolute atomic E-state index is 0.926. The van der Waals surface area contributed by atoms with E-state index in [9.17, 15) is 0 Å². The van der Waals surface area contributed by atoms with Crippen molar-refractivity contribution in [1.82, 2.24) is 10.3 Å². The third-order valence-electron chi connectivity index (χ3n) is 3.97. The molecule has 4 nitrogen and oxygen atoms in total. The summed E-state index contributed by atoms with van der Waals surface area (Å²) in [5, 5.41) is 4.50. The fourth-order valence-corrected chi connectivity index (χ4v) is 2.81. The lowest BCUT2D eigenvalue weighted by Crippen LogP contribution is -2.43. The molecule has 106 valence electrons. The van der Waals surface area contributed by atoms with Gasteiger partial charge in [0, 0.05) is 37.8 Å². The Bertz CT molecular complexity index is 759. The van der Waals surface area contributed by atoms with Crippen LogP contribution in [0, 0.1) is 0 Å². The summed E-state index contributed by atoms with van der Waals surface area (Å²) in [6.45, 7) is 4.06. The standard InChI is InChI=1S/C17H17N3O/c1-2-16-15(4-10-21-16)11-13(1)14-3-5-19-17(12-14)20-8-6-18-7-9-20/h1-5,10-12,18H,6-9H2. The van der Waals surface area contributed by atoms with Gasteiger partial charge in [0.05, 0.1) is 6.26 Å². The van der Waals surface area contributed by atoms with Gasteiger partial charge in [0.25, 0.3) is 0 Å². The molecule has 0 unspecified atom stereocenters. The van der Waals surface area contributed by atoms with Crippen LogP contribution in [0.1, 0.15) is 0 Å². The highest BCUT2D eigenvalue weighted by atomic mass is 16.3. The number of furan rings is 1. The SMILES string of the molecule is c1cc(-c2ccc3occc3c2)cc(N2CCNCC2)n1. The molecule has 1 saturated heterocycles. The van der Waals surface area contributed by atoms with Crippen LogP contribution < -0.4 is 10.2 Å². The number of rotatable bonds is 2. The Hall–Kier alpha value is -2.33. The van der Waals surface area contributed by atoms with Gasteiger partial charge in [0.2, 0.25) is 0 Å². The first-order valence-electron chi connectivity index (χ1n) is 7.29. The molecule has 0 amide bonds. The second kappa shape index (κ2) is 5.22. The van der Waals surface area contributed by atoms with E-state index in [1.54, 1.807) is 6.26 Å². The number of piperazine rings is 1. The lowest BCUT2D eigenvalue weighted by molar-refractivity contribution is 0.585. The molecule has 1 fully saturated rings. The van der Waals surface area contributed by atoms with Crippen molar-refractivity contribution in [2.75, 3.05) is 31.1 Å². The van der Waals surface area contributed by atoms with Gasteiger partial charge in [-0.25, -0.2) is 4.98 Å². The number of hydrogen-bond donors (Lipinski definition) is 1. The fraction of sp³-hybridized carbons (Fsp3) is 0.235. The quantitative estimate of drug-likeness (QED) is 0.783. The average molecular weight is 279 g/mol. The lowest BCUT2D eigenvalue weighted by Gasteiger charge is -2.28. The number of nitrogens with one attached hydrogen (secondary N) is 1. The number of fused-ring (bicyclic) bond motifs is 1. The first-order valence-corrected chi connectivity index (χ1v) is 7.29. The van der Waals surface area contributed by atoms with E-state index in [-0.39, 0.29) is 0 Å². The maximum Gasteiger partial charge on any atom is 0.133 e. The number of pyridine rings is 1. The van der Waals surface area contributed by atoms with Crippen LogP contribution in [0.25, 0.3) is 22.1 Å². The van der Waals surface area contributed by atoms with Gasteiger partial charge in [-0.05, 0) is 41.5 Å². The minimum atomic E-state index is 0.926. The number of aromatic nitrogens is 1. The van der Waals surface area contributed by atoms with E-state index in [1.165, 1.54) is 11.1 Å². The highest BCUT2D eigenvalue weighted by molar-refractivity contribution is 5.83. The number of anilines is 1. The van der Waals surface area contributed by atoms with Crippen molar-refractivity contribution in [2.45, 2.75) is 0 Å². The number of benzene rings is 1. The summed E-state index contributed by atoms with van der Waals surface area (Å²) in [5.74, 6) is 1.06. The summed E-state index contributed by atoms with van der Waals surface area (Å²) in [5.41, 5.74) is 3.32. The van der Waals surface area contributed by atoms with Crippen molar-refractivity contribution in [3.63, 3.8) is 0 Å². The predicted molar refractivity (Wildman–Crippen MR) is 84.5 cm³/mol. The van der Waals surface area contributed by atoms with Crippen LogP contribution in [0.3, 0.4) is 0 Å². The molecular weight excluding hydrogens is 262 g/mol. The Morgan fingerprint density at radius 1 is 1.00 bits per heavy atom. The van der Waals surface area contributed by atoms with Gasteiger partial charge in [0.1, 0.15) is 11.4 Å². The molecule has 0 saturated carbocycles. The maximum absolute atomic E-state index is 5.40. The van der Waals surface area contributed by atoms with Gasteiger partial charge < -0.3 is 14.6 Å². The molecule has 4 heteroatoms. The van der Waals surface area contributed by atoms with Gasteiger partial charge in [-0.3, -0.25) is 0 Å². The molecule has 21 heavy (non-hydrogen) atoms. The first kappa shape index (κ1) is 12.4. The summed E-state index contributed by atoms with van der Waals surface area (Å²) in [6.07, 6.45) is 3.62. The van der Waals surface area contributed by atoms with E-state index in [4.69, 9.17) is 4.42 Å². The van der Waals surface area contributed by atoms with E-state index in [0.717, 1.165) is 43.0 Å². The molecule has 0 radical (unpaired) electrons. The van der Waals surface area contributed by atoms with Crippen LogP contribution in [-0.4, -0.2) is 31.2 Å². The van der Waals surface area contributed by atoms with Crippen molar-refractivity contribution in [2.24, 2.45) is 0 Å². The Kier molecular flexibility index (Phi) is 3.09. The zero-order valence-electron chi connectivity index (χ0n) is 11.7. The Labute approximate surface area is 123 Å². The summed E-state index contributed by atoms with van der Waals surface area (Å²) in [7, 11) is 0. The van der Waals surface area contributed by atoms with Crippen LogP contribution in [0.2, 0.25) is 0 Å². The highest BCUT2D eigenvalue weighted by Crippen LogP contribution is 2.27. The van der Waals surface area contributed by atoms with Crippen molar-refractivity contribution >= 4 is 16.8 Å². The molecule has 0 atom stereocenters. The second-order valence-electron chi connectivity index (χ2n) is 5.31. The molecule has 3 heterocycles. The summed E-state index contributed by atoms with van der Waals surface area (Å²) < 4.78 is 5.40. The molecule has 1 aromatic carbocycles. The van der Waals surface area contributed by atoms with Crippen LogP contribution in [0.15, 0.2) is 53.3 Å². The van der Waals surface area contributed by atoms with Crippen molar-refractivity contribution in [3.8, 4) is 11.1 Å². The summed E-state index contributed by atoms with van der Waals surface area (Å²) in [4.78, 5) is 6.85. The monoisotopic (exact) mass is 279 g/mol. The van der Waals surface area contributed by atoms with Crippen molar-refractivity contribution in [3.05, 3.63) is 48.9 Å². The zero-order valence-corrected chi connectivity index (χ0v) is 11.7. The second-order valence-corrected chi connectivity index (χ2v) is 5.31. The van der Waals surface area contributed by atoms with Gasteiger partial charge in [-0.1, -0.05) is 6.07 Å². The molecule has 2 aromatic heterocycles. The van der Waals surface area contributed by atoms with Gasteiger partial charge >= 0.3 is 0 Å². The molecule has 0 bridgehead atoms. The predicted octanol–water partition coefficient (Wildman–Crippen LogP) is 2.90. The summed E-state index contributed by atoms with van der Waals surface area (Å²) in [6, 6.07) is 12.5. The molecule has 0 aliphatic carbocycles. The summed E-state index contributed by atoms with van der Waals surface area (Å²) >= 11 is 0. The van der Waals surface area contributed by atoms with Crippen molar-refractivity contribution in [1.29, 1.82) is 0 Å². The van der Waals surface area contributed by atoms with Gasteiger partial charge in [-0.2, -0.15) is 0 Å². The largest absolute Gasteiger partial charge is 0.464 e. The third-order valence-corrected chi connectivity index (χ3v) is 3.97. The number of nitrogens with zero attached hydrogens (tertiary/aromatic N) is 2. The van der Waals surface area contributed by atoms with E-state index in [2.05, 4.69) is 39.5 Å². The molecule has 1 aliphatic heterocycles. The molecule has 0 spiro atoms.